The van der Waals surface area contributed by atoms with E-state index in [2.05, 4.69) is 29.2 Å². The third kappa shape index (κ3) is 3.89. The number of thioether (sulfide) groups is 1. The number of likely N-dealkylation sites (tertiary alicyclic amines) is 1. The highest BCUT2D eigenvalue weighted by molar-refractivity contribution is 8.00. The zero-order chi connectivity index (χ0) is 14.7. The number of benzene rings is 1. The molecule has 0 amide bonds. The largest absolute Gasteiger partial charge is 0.300 e. The highest BCUT2D eigenvalue weighted by Gasteiger charge is 2.28. The average molecular weight is 303 g/mol. The maximum absolute atomic E-state index is 11.6. The topological polar surface area (TPSA) is 20.3 Å². The van der Waals surface area contributed by atoms with Gasteiger partial charge >= 0.3 is 0 Å². The lowest BCUT2D eigenvalue weighted by Crippen LogP contribution is -2.40. The van der Waals surface area contributed by atoms with Crippen molar-refractivity contribution in [3.05, 3.63) is 29.8 Å². The van der Waals surface area contributed by atoms with Crippen molar-refractivity contribution in [2.75, 3.05) is 13.1 Å². The van der Waals surface area contributed by atoms with E-state index < -0.39 is 0 Å². The molecule has 0 bridgehead atoms. The molecule has 0 spiro atoms. The SMILES string of the molecule is CC(=O)CC1CCCCCN1CC1Cc2ccccc2S1. The zero-order valence-corrected chi connectivity index (χ0v) is 13.7. The highest BCUT2D eigenvalue weighted by Crippen LogP contribution is 2.37. The molecule has 0 saturated carbocycles. The minimum Gasteiger partial charge on any atom is -0.300 e. The molecule has 114 valence electrons. The van der Waals surface area contributed by atoms with Crippen molar-refractivity contribution in [3.63, 3.8) is 0 Å². The highest BCUT2D eigenvalue weighted by atomic mass is 32.2. The summed E-state index contributed by atoms with van der Waals surface area (Å²) in [7, 11) is 0. The molecule has 2 aliphatic rings. The van der Waals surface area contributed by atoms with Gasteiger partial charge in [0.15, 0.2) is 0 Å². The molecule has 1 fully saturated rings. The van der Waals surface area contributed by atoms with Crippen LogP contribution in [0.15, 0.2) is 29.2 Å². The molecule has 1 saturated heterocycles. The van der Waals surface area contributed by atoms with Crippen LogP contribution in [0, 0.1) is 0 Å². The van der Waals surface area contributed by atoms with Crippen molar-refractivity contribution < 1.29 is 4.79 Å². The van der Waals surface area contributed by atoms with E-state index in [1.165, 1.54) is 49.1 Å². The number of ketones is 1. The standard InChI is InChI=1S/C18H25NOS/c1-14(20)11-16-8-3-2-6-10-19(16)13-17-12-15-7-4-5-9-18(15)21-17/h4-5,7,9,16-17H,2-3,6,8,10-13H2,1H3. The van der Waals surface area contributed by atoms with Crippen molar-refractivity contribution >= 4 is 17.5 Å². The van der Waals surface area contributed by atoms with Gasteiger partial charge in [0, 0.05) is 29.2 Å². The molecule has 2 atom stereocenters. The quantitative estimate of drug-likeness (QED) is 0.840. The van der Waals surface area contributed by atoms with E-state index in [1.807, 2.05) is 11.8 Å². The molecule has 1 aromatic rings. The van der Waals surface area contributed by atoms with Crippen LogP contribution in [0.3, 0.4) is 0 Å². The van der Waals surface area contributed by atoms with E-state index in [-0.39, 0.29) is 0 Å². The van der Waals surface area contributed by atoms with Crippen molar-refractivity contribution in [1.82, 2.24) is 4.90 Å². The summed E-state index contributed by atoms with van der Waals surface area (Å²) < 4.78 is 0. The molecule has 21 heavy (non-hydrogen) atoms. The lowest BCUT2D eigenvalue weighted by molar-refractivity contribution is -0.118. The van der Waals surface area contributed by atoms with Crippen molar-refractivity contribution in [3.8, 4) is 0 Å². The molecule has 0 radical (unpaired) electrons. The Labute approximate surface area is 132 Å². The molecule has 0 aliphatic carbocycles. The van der Waals surface area contributed by atoms with E-state index in [4.69, 9.17) is 0 Å². The number of rotatable bonds is 4. The Morgan fingerprint density at radius 2 is 2.14 bits per heavy atom. The van der Waals surface area contributed by atoms with Gasteiger partial charge in [-0.15, -0.1) is 11.8 Å². The third-order valence-corrected chi connectivity index (χ3v) is 5.98. The van der Waals surface area contributed by atoms with E-state index in [0.29, 0.717) is 17.1 Å². The predicted molar refractivity (Wildman–Crippen MR) is 88.9 cm³/mol. The van der Waals surface area contributed by atoms with Crippen LogP contribution in [0.2, 0.25) is 0 Å². The van der Waals surface area contributed by atoms with Gasteiger partial charge in [0.2, 0.25) is 0 Å². The number of Topliss-reactive ketones (excluding diaryl/α,β-unsaturated/α-hetero) is 1. The summed E-state index contributed by atoms with van der Waals surface area (Å²) in [5.74, 6) is 0.342. The number of carbonyl (C=O) groups is 1. The Morgan fingerprint density at radius 3 is 2.95 bits per heavy atom. The number of hydrogen-bond acceptors (Lipinski definition) is 3. The van der Waals surface area contributed by atoms with Crippen LogP contribution in [-0.4, -0.2) is 35.1 Å². The Morgan fingerprint density at radius 1 is 1.29 bits per heavy atom. The Balaban J connectivity index is 1.63. The van der Waals surface area contributed by atoms with Crippen molar-refractivity contribution in [2.24, 2.45) is 0 Å². The van der Waals surface area contributed by atoms with Crippen LogP contribution in [-0.2, 0) is 11.2 Å². The second-order valence-electron chi connectivity index (χ2n) is 6.46. The summed E-state index contributed by atoms with van der Waals surface area (Å²) in [4.78, 5) is 15.6. The van der Waals surface area contributed by atoms with Gasteiger partial charge in [0.05, 0.1) is 0 Å². The predicted octanol–water partition coefficient (Wildman–Crippen LogP) is 3.93. The second-order valence-corrected chi connectivity index (χ2v) is 7.80. The van der Waals surface area contributed by atoms with Gasteiger partial charge in [-0.3, -0.25) is 9.69 Å². The molecular weight excluding hydrogens is 278 g/mol. The number of carbonyl (C=O) groups excluding carboxylic acids is 1. The van der Waals surface area contributed by atoms with E-state index >= 15 is 0 Å². The molecule has 2 heterocycles. The van der Waals surface area contributed by atoms with E-state index in [9.17, 15) is 4.79 Å². The molecular formula is C18H25NOS. The van der Waals surface area contributed by atoms with Gasteiger partial charge in [-0.05, 0) is 44.4 Å². The Hall–Kier alpha value is -0.800. The fourth-order valence-corrected chi connectivity index (χ4v) is 5.01. The summed E-state index contributed by atoms with van der Waals surface area (Å²) in [5, 5.41) is 0.662. The van der Waals surface area contributed by atoms with Crippen LogP contribution in [0.25, 0.3) is 0 Å². The van der Waals surface area contributed by atoms with E-state index in [0.717, 1.165) is 13.0 Å². The van der Waals surface area contributed by atoms with Gasteiger partial charge in [0.1, 0.15) is 5.78 Å². The van der Waals surface area contributed by atoms with Gasteiger partial charge in [0.25, 0.3) is 0 Å². The molecule has 1 aromatic carbocycles. The average Bonchev–Trinajstić information content (AvgIpc) is 2.74. The van der Waals surface area contributed by atoms with Crippen LogP contribution >= 0.6 is 11.8 Å². The van der Waals surface area contributed by atoms with Gasteiger partial charge < -0.3 is 0 Å². The van der Waals surface area contributed by atoms with Gasteiger partial charge in [-0.2, -0.15) is 0 Å². The van der Waals surface area contributed by atoms with Gasteiger partial charge in [-0.25, -0.2) is 0 Å². The minimum atomic E-state index is 0.342. The zero-order valence-electron chi connectivity index (χ0n) is 12.9. The fraction of sp³-hybridized carbons (Fsp3) is 0.611. The summed E-state index contributed by atoms with van der Waals surface area (Å²) in [5.41, 5.74) is 1.51. The van der Waals surface area contributed by atoms with Crippen molar-refractivity contribution in [1.29, 1.82) is 0 Å². The van der Waals surface area contributed by atoms with Crippen molar-refractivity contribution in [2.45, 2.75) is 61.6 Å². The molecule has 2 nitrogen and oxygen atoms in total. The van der Waals surface area contributed by atoms with E-state index in [1.54, 1.807) is 6.92 Å². The number of fused-ring (bicyclic) bond motifs is 1. The first kappa shape index (κ1) is 15.1. The number of nitrogens with zero attached hydrogens (tertiary/aromatic N) is 1. The van der Waals surface area contributed by atoms with Crippen LogP contribution in [0.1, 0.15) is 44.6 Å². The summed E-state index contributed by atoms with van der Waals surface area (Å²) in [6.07, 6.45) is 7.02. The first-order valence-corrected chi connectivity index (χ1v) is 9.08. The second kappa shape index (κ2) is 6.97. The number of hydrogen-bond donors (Lipinski definition) is 0. The normalized spacial score (nSPS) is 26.3. The first-order valence-electron chi connectivity index (χ1n) is 8.20. The lowest BCUT2D eigenvalue weighted by atomic mass is 10.0. The third-order valence-electron chi connectivity index (χ3n) is 4.67. The smallest absolute Gasteiger partial charge is 0.131 e. The minimum absolute atomic E-state index is 0.342. The molecule has 3 rings (SSSR count). The molecule has 2 unspecified atom stereocenters. The fourth-order valence-electron chi connectivity index (χ4n) is 3.66. The van der Waals surface area contributed by atoms with Crippen LogP contribution < -0.4 is 0 Å². The molecule has 3 heteroatoms. The Kier molecular flexibility index (Phi) is 5.02. The molecule has 2 aliphatic heterocycles. The molecule has 0 N–H and O–H groups in total. The summed E-state index contributed by atoms with van der Waals surface area (Å²) in [6.45, 7) is 4.05. The monoisotopic (exact) mass is 303 g/mol. The molecule has 0 aromatic heterocycles. The van der Waals surface area contributed by atoms with Crippen LogP contribution in [0.5, 0.6) is 0 Å². The Bertz CT molecular complexity index is 477. The summed E-state index contributed by atoms with van der Waals surface area (Å²) >= 11 is 2.03. The maximum atomic E-state index is 11.6. The first-order chi connectivity index (χ1) is 10.2. The van der Waals surface area contributed by atoms with Gasteiger partial charge in [-0.1, -0.05) is 31.0 Å². The van der Waals surface area contributed by atoms with Crippen LogP contribution in [0.4, 0.5) is 0 Å². The lowest BCUT2D eigenvalue weighted by Gasteiger charge is -2.31. The summed E-state index contributed by atoms with van der Waals surface area (Å²) in [6, 6.07) is 9.27. The maximum Gasteiger partial charge on any atom is 0.131 e.